The number of hydrogen-bond acceptors (Lipinski definition) is 1. The molecule has 0 saturated carbocycles. The minimum absolute atomic E-state index is 0.0728. The molecule has 0 aromatic rings. The summed E-state index contributed by atoms with van der Waals surface area (Å²) in [5, 5.41) is 3.67. The van der Waals surface area contributed by atoms with Gasteiger partial charge >= 0.3 is 0 Å². The molecule has 0 saturated heterocycles. The molecule has 0 N–H and O–H groups in total. The smallest absolute Gasteiger partial charge is 0.0568 e. The number of nitrogens with zero attached hydrogens (tertiary/aromatic N) is 3. The van der Waals surface area contributed by atoms with Gasteiger partial charge in [0.15, 0.2) is 0 Å². The quantitative estimate of drug-likeness (QED) is 0.268. The van der Waals surface area contributed by atoms with Gasteiger partial charge in [0, 0.05) is 10.5 Å². The molecule has 13 heavy (non-hydrogen) atoms. The molecule has 0 aromatic carbocycles. The highest BCUT2D eigenvalue weighted by atomic mass is 15.1. The van der Waals surface area contributed by atoms with Gasteiger partial charge in [0.2, 0.25) is 0 Å². The Kier molecular flexibility index (Phi) is 3.42. The van der Waals surface area contributed by atoms with Gasteiger partial charge in [-0.2, -0.15) is 0 Å². The molecular formula is C10H13N3. The van der Waals surface area contributed by atoms with Gasteiger partial charge in [0.05, 0.1) is 6.04 Å². The fraction of sp³-hybridized carbons (Fsp3) is 0.600. The van der Waals surface area contributed by atoms with E-state index < -0.39 is 0 Å². The summed E-state index contributed by atoms with van der Waals surface area (Å²) < 4.78 is 0. The molecule has 0 radical (unpaired) electrons. The highest BCUT2D eigenvalue weighted by molar-refractivity contribution is 5.35. The molecule has 0 heterocycles. The van der Waals surface area contributed by atoms with Crippen molar-refractivity contribution in [3.63, 3.8) is 0 Å². The van der Waals surface area contributed by atoms with Gasteiger partial charge in [0.25, 0.3) is 0 Å². The van der Waals surface area contributed by atoms with Crippen molar-refractivity contribution in [1.29, 1.82) is 0 Å². The van der Waals surface area contributed by atoms with Crippen LogP contribution in [0.4, 0.5) is 0 Å². The predicted molar refractivity (Wildman–Crippen MR) is 52.9 cm³/mol. The number of rotatable bonds is 2. The van der Waals surface area contributed by atoms with Gasteiger partial charge in [-0.15, -0.1) is 6.42 Å². The van der Waals surface area contributed by atoms with Crippen molar-refractivity contribution in [3.05, 3.63) is 21.6 Å². The first-order chi connectivity index (χ1) is 6.29. The maximum absolute atomic E-state index is 8.31. The summed E-state index contributed by atoms with van der Waals surface area (Å²) >= 11 is 0. The average Bonchev–Trinajstić information content (AvgIpc) is 2.18. The van der Waals surface area contributed by atoms with E-state index in [9.17, 15) is 0 Å². The number of azide groups is 1. The standard InChI is InChI=1S/C10H13N3/c1-3-9-6-4-5-7-10(9)8(2)12-13-11/h1,8H,4-7H2,2H3. The van der Waals surface area contributed by atoms with Crippen molar-refractivity contribution in [3.8, 4) is 12.3 Å². The molecule has 3 nitrogen and oxygen atoms in total. The van der Waals surface area contributed by atoms with Crippen LogP contribution in [0.25, 0.3) is 10.4 Å². The van der Waals surface area contributed by atoms with Crippen molar-refractivity contribution in [2.75, 3.05) is 0 Å². The van der Waals surface area contributed by atoms with Crippen LogP contribution in [0.2, 0.25) is 0 Å². The van der Waals surface area contributed by atoms with Crippen LogP contribution in [0, 0.1) is 12.3 Å². The predicted octanol–water partition coefficient (Wildman–Crippen LogP) is 3.19. The summed E-state index contributed by atoms with van der Waals surface area (Å²) in [4.78, 5) is 2.80. The van der Waals surface area contributed by atoms with Crippen molar-refractivity contribution in [2.24, 2.45) is 5.11 Å². The zero-order valence-corrected chi connectivity index (χ0v) is 7.82. The molecule has 1 atom stereocenters. The monoisotopic (exact) mass is 175 g/mol. The van der Waals surface area contributed by atoms with E-state index in [4.69, 9.17) is 12.0 Å². The summed E-state index contributed by atoms with van der Waals surface area (Å²) in [5.41, 5.74) is 10.5. The lowest BCUT2D eigenvalue weighted by Crippen LogP contribution is -2.09. The van der Waals surface area contributed by atoms with E-state index in [1.165, 1.54) is 0 Å². The Balaban J connectivity index is 2.91. The number of terminal acetylenes is 1. The summed E-state index contributed by atoms with van der Waals surface area (Å²) in [6.45, 7) is 1.90. The number of hydrogen-bond donors (Lipinski definition) is 0. The maximum atomic E-state index is 8.31. The third-order valence-electron chi connectivity index (χ3n) is 2.41. The fourth-order valence-electron chi connectivity index (χ4n) is 1.70. The van der Waals surface area contributed by atoms with Crippen LogP contribution in [-0.4, -0.2) is 6.04 Å². The Labute approximate surface area is 78.5 Å². The van der Waals surface area contributed by atoms with E-state index in [2.05, 4.69) is 15.9 Å². The van der Waals surface area contributed by atoms with Crippen LogP contribution < -0.4 is 0 Å². The zero-order valence-electron chi connectivity index (χ0n) is 7.82. The third kappa shape index (κ3) is 2.27. The lowest BCUT2D eigenvalue weighted by molar-refractivity contribution is 0.638. The fourth-order valence-corrected chi connectivity index (χ4v) is 1.70. The molecule has 0 amide bonds. The first-order valence-corrected chi connectivity index (χ1v) is 4.52. The molecule has 0 fully saturated rings. The second-order valence-electron chi connectivity index (χ2n) is 3.24. The van der Waals surface area contributed by atoms with E-state index in [1.807, 2.05) is 6.92 Å². The minimum atomic E-state index is -0.0728. The van der Waals surface area contributed by atoms with Gasteiger partial charge in [0.1, 0.15) is 0 Å². The van der Waals surface area contributed by atoms with Crippen LogP contribution in [0.5, 0.6) is 0 Å². The molecule has 1 aliphatic rings. The second kappa shape index (κ2) is 4.59. The molecule has 68 valence electrons. The highest BCUT2D eigenvalue weighted by Gasteiger charge is 2.15. The van der Waals surface area contributed by atoms with Crippen LogP contribution in [0.15, 0.2) is 16.3 Å². The highest BCUT2D eigenvalue weighted by Crippen LogP contribution is 2.27. The third-order valence-corrected chi connectivity index (χ3v) is 2.41. The van der Waals surface area contributed by atoms with Crippen LogP contribution in [-0.2, 0) is 0 Å². The summed E-state index contributed by atoms with van der Waals surface area (Å²) in [7, 11) is 0. The SMILES string of the molecule is C#CC1=C(C(C)N=[N+]=[N-])CCCC1. The van der Waals surface area contributed by atoms with E-state index in [1.54, 1.807) is 0 Å². The number of allylic oxidation sites excluding steroid dienone is 1. The largest absolute Gasteiger partial charge is 0.115 e. The maximum Gasteiger partial charge on any atom is 0.0568 e. The van der Waals surface area contributed by atoms with Gasteiger partial charge in [-0.3, -0.25) is 0 Å². The van der Waals surface area contributed by atoms with Gasteiger partial charge in [-0.05, 0) is 31.2 Å². The lowest BCUT2D eigenvalue weighted by atomic mass is 9.88. The first-order valence-electron chi connectivity index (χ1n) is 4.52. The van der Waals surface area contributed by atoms with Crippen molar-refractivity contribution in [1.82, 2.24) is 0 Å². The van der Waals surface area contributed by atoms with E-state index in [-0.39, 0.29) is 6.04 Å². The van der Waals surface area contributed by atoms with Gasteiger partial charge < -0.3 is 0 Å². The topological polar surface area (TPSA) is 48.8 Å². The minimum Gasteiger partial charge on any atom is -0.115 e. The molecule has 0 aromatic heterocycles. The summed E-state index contributed by atoms with van der Waals surface area (Å²) in [6.07, 6.45) is 9.66. The second-order valence-corrected chi connectivity index (χ2v) is 3.24. The normalized spacial score (nSPS) is 18.8. The Morgan fingerprint density at radius 3 is 2.85 bits per heavy atom. The molecule has 1 rings (SSSR count). The molecule has 1 unspecified atom stereocenters. The van der Waals surface area contributed by atoms with Crippen molar-refractivity contribution in [2.45, 2.75) is 38.6 Å². The summed E-state index contributed by atoms with van der Waals surface area (Å²) in [5.74, 6) is 2.69. The Bertz CT molecular complexity index is 303. The van der Waals surface area contributed by atoms with Gasteiger partial charge in [-0.25, -0.2) is 0 Å². The van der Waals surface area contributed by atoms with Crippen LogP contribution in [0.3, 0.4) is 0 Å². The molecule has 0 aliphatic heterocycles. The molecule has 0 spiro atoms. The molecule has 1 aliphatic carbocycles. The van der Waals surface area contributed by atoms with Crippen molar-refractivity contribution >= 4 is 0 Å². The molecular weight excluding hydrogens is 162 g/mol. The van der Waals surface area contributed by atoms with Gasteiger partial charge in [-0.1, -0.05) is 23.5 Å². The van der Waals surface area contributed by atoms with Crippen LogP contribution >= 0.6 is 0 Å². The first kappa shape index (κ1) is 9.70. The lowest BCUT2D eigenvalue weighted by Gasteiger charge is -2.19. The van der Waals surface area contributed by atoms with Crippen LogP contribution in [0.1, 0.15) is 32.6 Å². The Morgan fingerprint density at radius 2 is 2.23 bits per heavy atom. The Hall–Kier alpha value is -1.39. The molecule has 3 heteroatoms. The zero-order chi connectivity index (χ0) is 9.68. The van der Waals surface area contributed by atoms with E-state index in [0.29, 0.717) is 0 Å². The van der Waals surface area contributed by atoms with E-state index in [0.717, 1.165) is 36.8 Å². The average molecular weight is 175 g/mol. The molecule has 0 bridgehead atoms. The van der Waals surface area contributed by atoms with E-state index >= 15 is 0 Å². The summed E-state index contributed by atoms with van der Waals surface area (Å²) in [6, 6.07) is -0.0728. The Morgan fingerprint density at radius 1 is 1.54 bits per heavy atom. The van der Waals surface area contributed by atoms with Crippen molar-refractivity contribution < 1.29 is 0 Å².